The Hall–Kier alpha value is 0.110. The van der Waals surface area contributed by atoms with Gasteiger partial charge in [-0.05, 0) is 19.3 Å². The lowest BCUT2D eigenvalue weighted by Gasteiger charge is -2.19. The van der Waals surface area contributed by atoms with Crippen molar-refractivity contribution in [1.29, 1.82) is 0 Å². The minimum atomic E-state index is -3.28. The number of hydrogen-bond acceptors (Lipinski definition) is 4. The molecule has 0 amide bonds. The zero-order valence-corrected chi connectivity index (χ0v) is 10.3. The van der Waals surface area contributed by atoms with Crippen molar-refractivity contribution in [3.05, 3.63) is 0 Å². The topological polar surface area (TPSA) is 44.8 Å². The van der Waals surface area contributed by atoms with Crippen molar-refractivity contribution in [3.63, 3.8) is 0 Å². The van der Waals surface area contributed by atoms with E-state index in [9.17, 15) is 4.57 Å². The quantitative estimate of drug-likeness (QED) is 0.674. The van der Waals surface area contributed by atoms with Crippen molar-refractivity contribution in [2.24, 2.45) is 5.41 Å². The van der Waals surface area contributed by atoms with Gasteiger partial charge in [0, 0.05) is 0 Å². The molecule has 0 bridgehead atoms. The Bertz CT molecular complexity index is 232. The van der Waals surface area contributed by atoms with Crippen LogP contribution in [0.15, 0.2) is 0 Å². The molecule has 0 unspecified atom stereocenters. The molecule has 84 valence electrons. The van der Waals surface area contributed by atoms with Gasteiger partial charge in [0.1, 0.15) is 0 Å². The Labute approximate surface area is 85.5 Å². The Morgan fingerprint density at radius 2 is 1.64 bits per heavy atom. The zero-order valence-electron chi connectivity index (χ0n) is 9.44. The van der Waals surface area contributed by atoms with Gasteiger partial charge in [-0.3, -0.25) is 13.6 Å². The predicted octanol–water partition coefficient (Wildman–Crippen LogP) is 2.98. The van der Waals surface area contributed by atoms with Gasteiger partial charge in [0.25, 0.3) is 0 Å². The van der Waals surface area contributed by atoms with Crippen LogP contribution in [-0.2, 0) is 18.1 Å². The summed E-state index contributed by atoms with van der Waals surface area (Å²) in [5.41, 5.74) is -0.0425. The van der Waals surface area contributed by atoms with E-state index >= 15 is 0 Å². The van der Waals surface area contributed by atoms with Crippen LogP contribution >= 0.6 is 7.82 Å². The highest BCUT2D eigenvalue weighted by atomic mass is 31.2. The summed E-state index contributed by atoms with van der Waals surface area (Å²) in [7, 11) is -3.28. The summed E-state index contributed by atoms with van der Waals surface area (Å²) >= 11 is 0. The summed E-state index contributed by atoms with van der Waals surface area (Å²) in [4.78, 5) is 0. The van der Waals surface area contributed by atoms with Crippen LogP contribution in [0.1, 0.15) is 34.6 Å². The maximum atomic E-state index is 11.8. The van der Waals surface area contributed by atoms with E-state index in [2.05, 4.69) is 0 Å². The van der Waals surface area contributed by atoms with Crippen molar-refractivity contribution < 1.29 is 18.1 Å². The van der Waals surface area contributed by atoms with Crippen LogP contribution in [0.4, 0.5) is 0 Å². The van der Waals surface area contributed by atoms with Crippen LogP contribution < -0.4 is 0 Å². The summed E-state index contributed by atoms with van der Waals surface area (Å²) in [6, 6.07) is 0. The van der Waals surface area contributed by atoms with E-state index in [-0.39, 0.29) is 17.6 Å². The molecule has 0 N–H and O–H groups in total. The highest BCUT2D eigenvalue weighted by Crippen LogP contribution is 2.57. The second kappa shape index (κ2) is 3.93. The Morgan fingerprint density at radius 1 is 1.21 bits per heavy atom. The molecule has 0 spiro atoms. The van der Waals surface area contributed by atoms with Gasteiger partial charge in [-0.15, -0.1) is 0 Å². The van der Waals surface area contributed by atoms with Gasteiger partial charge in [-0.2, -0.15) is 0 Å². The van der Waals surface area contributed by atoms with Crippen molar-refractivity contribution >= 4 is 7.82 Å². The first-order chi connectivity index (χ1) is 6.22. The zero-order chi connectivity index (χ0) is 11.0. The van der Waals surface area contributed by atoms with Crippen LogP contribution in [0.3, 0.4) is 0 Å². The summed E-state index contributed by atoms with van der Waals surface area (Å²) in [6.45, 7) is 10.0. The summed E-state index contributed by atoms with van der Waals surface area (Å²) in [6.07, 6.45) is -0.332. The fourth-order valence-electron chi connectivity index (χ4n) is 0.937. The molecule has 0 aromatic carbocycles. The van der Waals surface area contributed by atoms with Crippen molar-refractivity contribution in [1.82, 2.24) is 0 Å². The third kappa shape index (κ3) is 3.35. The molecule has 14 heavy (non-hydrogen) atoms. The van der Waals surface area contributed by atoms with E-state index in [0.29, 0.717) is 6.61 Å². The van der Waals surface area contributed by atoms with Crippen molar-refractivity contribution in [2.75, 3.05) is 6.61 Å². The van der Waals surface area contributed by atoms with Crippen LogP contribution in [0, 0.1) is 5.41 Å². The lowest BCUT2D eigenvalue weighted by Crippen LogP contribution is -2.13. The standard InChI is InChI=1S/C9H19O4P/c1-7-8(2)13-14(10,12-7)11-6-9(3,4)5/h7-8H,6H2,1-5H3/t7-,8-/m1/s1. The molecule has 2 atom stereocenters. The van der Waals surface area contributed by atoms with Crippen molar-refractivity contribution in [3.8, 4) is 0 Å². The van der Waals surface area contributed by atoms with Crippen LogP contribution in [0.2, 0.25) is 0 Å². The summed E-state index contributed by atoms with van der Waals surface area (Å²) < 4.78 is 27.4. The molecule has 1 rings (SSSR count). The van der Waals surface area contributed by atoms with Gasteiger partial charge in [0.15, 0.2) is 0 Å². The minimum Gasteiger partial charge on any atom is -0.286 e. The summed E-state index contributed by atoms with van der Waals surface area (Å²) in [5.74, 6) is 0. The molecule has 0 aromatic heterocycles. The average Bonchev–Trinajstić information content (AvgIpc) is 2.23. The highest BCUT2D eigenvalue weighted by molar-refractivity contribution is 7.48. The van der Waals surface area contributed by atoms with Gasteiger partial charge in [-0.1, -0.05) is 20.8 Å². The van der Waals surface area contributed by atoms with Crippen LogP contribution in [0.5, 0.6) is 0 Å². The molecule has 5 heteroatoms. The van der Waals surface area contributed by atoms with E-state index in [1.807, 2.05) is 34.6 Å². The van der Waals surface area contributed by atoms with E-state index in [1.165, 1.54) is 0 Å². The minimum absolute atomic E-state index is 0.0425. The smallest absolute Gasteiger partial charge is 0.286 e. The Kier molecular flexibility index (Phi) is 3.42. The molecular formula is C9H19O4P. The molecule has 0 aromatic rings. The monoisotopic (exact) mass is 222 g/mol. The van der Waals surface area contributed by atoms with Gasteiger partial charge in [-0.25, -0.2) is 4.57 Å². The van der Waals surface area contributed by atoms with Gasteiger partial charge in [0.2, 0.25) is 0 Å². The van der Waals surface area contributed by atoms with E-state index in [1.54, 1.807) is 0 Å². The molecule has 1 fully saturated rings. The fraction of sp³-hybridized carbons (Fsp3) is 1.00. The van der Waals surface area contributed by atoms with E-state index in [4.69, 9.17) is 13.6 Å². The molecular weight excluding hydrogens is 203 g/mol. The average molecular weight is 222 g/mol. The highest BCUT2D eigenvalue weighted by Gasteiger charge is 2.42. The normalized spacial score (nSPS) is 32.1. The third-order valence-corrected chi connectivity index (χ3v) is 3.53. The lowest BCUT2D eigenvalue weighted by atomic mass is 9.99. The predicted molar refractivity (Wildman–Crippen MR) is 54.1 cm³/mol. The van der Waals surface area contributed by atoms with Gasteiger partial charge >= 0.3 is 7.82 Å². The number of phosphoric acid groups is 1. The molecule has 0 aliphatic carbocycles. The van der Waals surface area contributed by atoms with Gasteiger partial charge in [0.05, 0.1) is 18.8 Å². The maximum absolute atomic E-state index is 11.8. The Morgan fingerprint density at radius 3 is 2.00 bits per heavy atom. The first-order valence-corrected chi connectivity index (χ1v) is 6.29. The largest absolute Gasteiger partial charge is 0.475 e. The molecule has 1 aliphatic heterocycles. The maximum Gasteiger partial charge on any atom is 0.475 e. The third-order valence-electron chi connectivity index (χ3n) is 1.91. The number of rotatable bonds is 2. The number of hydrogen-bond donors (Lipinski definition) is 0. The molecule has 1 heterocycles. The molecule has 4 nitrogen and oxygen atoms in total. The molecule has 0 saturated carbocycles. The van der Waals surface area contributed by atoms with Crippen molar-refractivity contribution in [2.45, 2.75) is 46.8 Å². The molecule has 1 saturated heterocycles. The molecule has 0 radical (unpaired) electrons. The fourth-order valence-corrected chi connectivity index (χ4v) is 2.81. The van der Waals surface area contributed by atoms with E-state index < -0.39 is 7.82 Å². The SMILES string of the molecule is C[C@H]1OP(=O)(OCC(C)(C)C)O[C@@H]1C. The second-order valence-corrected chi connectivity index (χ2v) is 6.48. The number of phosphoric ester groups is 1. The molecule has 1 aliphatic rings. The Balaban J connectivity index is 2.49. The summed E-state index contributed by atoms with van der Waals surface area (Å²) in [5, 5.41) is 0. The van der Waals surface area contributed by atoms with Crippen LogP contribution in [0.25, 0.3) is 0 Å². The van der Waals surface area contributed by atoms with Crippen LogP contribution in [-0.4, -0.2) is 18.8 Å². The second-order valence-electron chi connectivity index (χ2n) is 4.90. The first-order valence-electron chi connectivity index (χ1n) is 4.83. The first kappa shape index (κ1) is 12.2. The van der Waals surface area contributed by atoms with E-state index in [0.717, 1.165) is 0 Å². The van der Waals surface area contributed by atoms with Gasteiger partial charge < -0.3 is 0 Å². The lowest BCUT2D eigenvalue weighted by molar-refractivity contribution is 0.128.